The molecule has 7 aromatic carbocycles. The molecule has 0 N–H and O–H groups in total. The molecule has 5 fully saturated rings. The highest BCUT2D eigenvalue weighted by Gasteiger charge is 2.58. The van der Waals surface area contributed by atoms with Crippen LogP contribution in [0.25, 0.3) is 30.3 Å². The molecule has 2 atom stereocenters. The summed E-state index contributed by atoms with van der Waals surface area (Å²) in [7, 11) is 0. The topological polar surface area (TPSA) is 9.72 Å². The monoisotopic (exact) mass is 1050 g/mol. The third-order valence-corrected chi connectivity index (χ3v) is 21.6. The number of hydrogen-bond acceptors (Lipinski definition) is 5. The van der Waals surface area contributed by atoms with E-state index in [1.54, 1.807) is 0 Å². The van der Waals surface area contributed by atoms with E-state index in [-0.39, 0.29) is 119 Å². The summed E-state index contributed by atoms with van der Waals surface area (Å²) < 4.78 is 194. The fourth-order valence-corrected chi connectivity index (χ4v) is 18.6. The van der Waals surface area contributed by atoms with Gasteiger partial charge in [-0.2, -0.15) is 0 Å². The Bertz CT molecular complexity index is 4970. The smallest absolute Gasteiger partial charge is 0.252 e. The predicted octanol–water partition coefficient (Wildman–Crippen LogP) is 18.2. The second-order valence-corrected chi connectivity index (χ2v) is 28.0. The molecule has 76 heavy (non-hydrogen) atoms. The molecule has 2 unspecified atom stereocenters. The summed E-state index contributed by atoms with van der Waals surface area (Å²) in [6.07, 6.45) is 8.73. The van der Waals surface area contributed by atoms with E-state index in [2.05, 4.69) is 13.8 Å². The Labute approximate surface area is 485 Å². The van der Waals surface area contributed by atoms with E-state index in [0.717, 1.165) is 73.1 Å². The summed E-state index contributed by atoms with van der Waals surface area (Å²) in [5.74, 6) is 1.34. The standard InChI is InChI=1S/C70H70BN3S2/c1-66(2,3)46-25-26-50-60(34-46)76-65-52(67(4,5)6)37-54-64(62(50)65)73(48-21-13-10-14-22-48)58-36-49(74-55-24-16-15-23-51(55)68(7)27-17-18-28-69(68,74)8)35-57-63(58)71(54)53-38-59-45(32-56(53)72(57)47-19-11-9-12-20-47)33-61(75-59)70-39-42-29-43(40-70)31-44(30-42)41-70/h9-16,19-26,32-38,42-44H,17-18,27-31,39-41H2,1-8H3/i9D,10D,11D,12D,13D,14D,19D,20D,21D,22D,25D,26D,32D,33D,34D,35D,36D,37D,38D. The third kappa shape index (κ3) is 6.29. The largest absolute Gasteiger partial charge is 0.334 e. The van der Waals surface area contributed by atoms with Crippen molar-refractivity contribution in [2.45, 2.75) is 147 Å². The molecule has 5 heterocycles. The fraction of sp³-hybridized carbons (Fsp3) is 0.371. The van der Waals surface area contributed by atoms with Gasteiger partial charge in [0.25, 0.3) is 6.71 Å². The Morgan fingerprint density at radius 2 is 1.26 bits per heavy atom. The van der Waals surface area contributed by atoms with Crippen molar-refractivity contribution in [3.63, 3.8) is 0 Å². The number of para-hydroxylation sites is 3. The quantitative estimate of drug-likeness (QED) is 0.163. The molecule has 5 saturated carbocycles. The maximum Gasteiger partial charge on any atom is 0.252 e. The van der Waals surface area contributed by atoms with Crippen molar-refractivity contribution < 1.29 is 26.0 Å². The van der Waals surface area contributed by atoms with Crippen molar-refractivity contribution in [1.82, 2.24) is 0 Å². The van der Waals surface area contributed by atoms with Crippen LogP contribution in [0, 0.1) is 17.8 Å². The molecular weight excluding hydrogens is 958 g/mol. The summed E-state index contributed by atoms with van der Waals surface area (Å²) in [4.78, 5) is 5.43. The van der Waals surface area contributed by atoms with Gasteiger partial charge in [0.2, 0.25) is 0 Å². The first-order valence-electron chi connectivity index (χ1n) is 37.0. The van der Waals surface area contributed by atoms with Crippen LogP contribution < -0.4 is 31.1 Å². The van der Waals surface area contributed by atoms with E-state index < -0.39 is 112 Å². The lowest BCUT2D eigenvalue weighted by molar-refractivity contribution is -0.00343. The molecule has 4 bridgehead atoms. The molecule has 380 valence electrons. The molecule has 0 radical (unpaired) electrons. The van der Waals surface area contributed by atoms with Crippen molar-refractivity contribution in [1.29, 1.82) is 0 Å². The molecule has 9 aromatic rings. The zero-order valence-corrected chi connectivity index (χ0v) is 46.0. The van der Waals surface area contributed by atoms with Crippen LogP contribution in [0.5, 0.6) is 0 Å². The Kier molecular flexibility index (Phi) is 6.39. The van der Waals surface area contributed by atoms with Crippen LogP contribution in [-0.4, -0.2) is 12.3 Å². The first kappa shape index (κ1) is 30.9. The highest BCUT2D eigenvalue weighted by molar-refractivity contribution is 7.26. The van der Waals surface area contributed by atoms with Gasteiger partial charge in [0.05, 0.1) is 37.3 Å². The van der Waals surface area contributed by atoms with Gasteiger partial charge in [0.1, 0.15) is 0 Å². The summed E-state index contributed by atoms with van der Waals surface area (Å²) in [5, 5.41) is 0.407. The van der Waals surface area contributed by atoms with Gasteiger partial charge in [-0.15, -0.1) is 22.7 Å². The number of hydrogen-bond donors (Lipinski definition) is 0. The van der Waals surface area contributed by atoms with E-state index in [1.807, 2.05) is 70.7 Å². The van der Waals surface area contributed by atoms with Gasteiger partial charge in [-0.25, -0.2) is 0 Å². The van der Waals surface area contributed by atoms with Gasteiger partial charge < -0.3 is 14.7 Å². The molecule has 3 aliphatic heterocycles. The van der Waals surface area contributed by atoms with Crippen molar-refractivity contribution in [2.75, 3.05) is 14.7 Å². The second-order valence-electron chi connectivity index (χ2n) is 25.9. The number of thiophene rings is 2. The van der Waals surface area contributed by atoms with Crippen LogP contribution in [0.1, 0.15) is 167 Å². The molecular formula is C70H70BN3S2. The minimum atomic E-state index is -1.54. The van der Waals surface area contributed by atoms with Crippen LogP contribution in [-0.2, 0) is 21.7 Å². The number of fused-ring (bicyclic) bond motifs is 12. The molecule has 3 nitrogen and oxygen atoms in total. The van der Waals surface area contributed by atoms with E-state index in [0.29, 0.717) is 52.1 Å². The average molecular weight is 1050 g/mol. The first-order chi connectivity index (χ1) is 44.6. The molecule has 2 aromatic heterocycles. The van der Waals surface area contributed by atoms with Crippen molar-refractivity contribution in [3.05, 3.63) is 161 Å². The van der Waals surface area contributed by atoms with Crippen LogP contribution in [0.4, 0.5) is 45.5 Å². The number of benzene rings is 7. The van der Waals surface area contributed by atoms with Gasteiger partial charge in [-0.3, -0.25) is 0 Å². The van der Waals surface area contributed by atoms with Crippen molar-refractivity contribution >= 4 is 122 Å². The van der Waals surface area contributed by atoms with Gasteiger partial charge in [0.15, 0.2) is 0 Å². The van der Waals surface area contributed by atoms with Gasteiger partial charge in [-0.05, 0) is 192 Å². The molecule has 5 aliphatic carbocycles. The zero-order valence-electron chi connectivity index (χ0n) is 63.3. The number of rotatable bonds is 4. The van der Waals surface area contributed by atoms with Gasteiger partial charge in [-0.1, -0.05) is 134 Å². The van der Waals surface area contributed by atoms with Gasteiger partial charge in [0, 0.05) is 80.4 Å². The molecule has 0 saturated heterocycles. The van der Waals surface area contributed by atoms with Crippen LogP contribution in [0.2, 0.25) is 0 Å². The normalized spacial score (nSPS) is 29.6. The van der Waals surface area contributed by atoms with Crippen molar-refractivity contribution in [2.24, 2.45) is 17.8 Å². The minimum Gasteiger partial charge on any atom is -0.334 e. The summed E-state index contributed by atoms with van der Waals surface area (Å²) in [6.45, 7) is 14.1. The molecule has 6 heteroatoms. The SMILES string of the molecule is [2H]c1c([2H])c([2H])c(N2c3c([2H])c(N4c5ccccc5C5(C)CCCCC45C)c([2H])c4c3B(c3c2c([2H])c2c([2H])c(C56CC7CC(CC(C7)C5)C6)sc2c3[2H])c2c([2H])c(C(C)(C)C)c3sc5c([2H])c(C(C)(C)C)c([2H])c([2H])c5c3c2N4c2c([2H])c([2H])c([2H])c([2H])c2[2H])c([2H])c1[2H]. The molecule has 0 spiro atoms. The lowest BCUT2D eigenvalue weighted by atomic mass is 9.33. The Hall–Kier alpha value is -5.82. The molecule has 8 aliphatic rings. The maximum absolute atomic E-state index is 11.5. The zero-order chi connectivity index (χ0) is 67.9. The van der Waals surface area contributed by atoms with Crippen LogP contribution >= 0.6 is 22.7 Å². The molecule has 0 amide bonds. The minimum absolute atomic E-state index is 0.0102. The van der Waals surface area contributed by atoms with E-state index >= 15 is 0 Å². The predicted molar refractivity (Wildman–Crippen MR) is 329 cm³/mol. The van der Waals surface area contributed by atoms with E-state index in [4.69, 9.17) is 2.74 Å². The van der Waals surface area contributed by atoms with Crippen LogP contribution in [0.3, 0.4) is 0 Å². The Morgan fingerprint density at radius 1 is 0.605 bits per heavy atom. The highest BCUT2D eigenvalue weighted by atomic mass is 32.1. The molecule has 17 rings (SSSR count). The summed E-state index contributed by atoms with van der Waals surface area (Å²) >= 11 is 2.46. The van der Waals surface area contributed by atoms with Crippen LogP contribution in [0.15, 0.2) is 139 Å². The number of anilines is 8. The lowest BCUT2D eigenvalue weighted by Gasteiger charge is -2.56. The maximum atomic E-state index is 11.5. The Morgan fingerprint density at radius 3 is 1.95 bits per heavy atom. The summed E-state index contributed by atoms with van der Waals surface area (Å²) in [5.41, 5.74) is -3.19. The number of nitrogens with zero attached hydrogens (tertiary/aromatic N) is 3. The van der Waals surface area contributed by atoms with E-state index in [1.165, 1.54) is 21.1 Å². The fourth-order valence-electron chi connectivity index (χ4n) is 16.0. The highest BCUT2D eigenvalue weighted by Crippen LogP contribution is 2.64. The Balaban J connectivity index is 1.19. The van der Waals surface area contributed by atoms with Crippen molar-refractivity contribution in [3.8, 4) is 0 Å². The first-order valence-corrected chi connectivity index (χ1v) is 29.1. The lowest BCUT2D eigenvalue weighted by Crippen LogP contribution is -2.61. The van der Waals surface area contributed by atoms with Gasteiger partial charge >= 0.3 is 0 Å². The third-order valence-electron chi connectivity index (χ3n) is 19.3. The summed E-state index contributed by atoms with van der Waals surface area (Å²) in [6, 6.07) is -1.49. The second kappa shape index (κ2) is 15.7. The average Bonchev–Trinajstić information content (AvgIpc) is 1.62. The van der Waals surface area contributed by atoms with E-state index in [9.17, 15) is 23.3 Å².